The van der Waals surface area contributed by atoms with Gasteiger partial charge in [0, 0.05) is 17.8 Å². The van der Waals surface area contributed by atoms with Gasteiger partial charge in [0.05, 0.1) is 14.2 Å². The standard InChI is InChI=1S/C23H23NO5S/c1-14-17-6-4-5-7-20(17)30-22(14)23(26)29-13-21(25)24-9-8-15-10-18(27-2)19(28-3)11-16(15)12-24/h4-7,10-11H,8-9,12-13H2,1-3H3. The average Bonchev–Trinajstić information content (AvgIpc) is 3.12. The van der Waals surface area contributed by atoms with Gasteiger partial charge < -0.3 is 19.1 Å². The van der Waals surface area contributed by atoms with Crippen LogP contribution in [0.3, 0.4) is 0 Å². The Labute approximate surface area is 179 Å². The maximum absolute atomic E-state index is 12.7. The van der Waals surface area contributed by atoms with E-state index in [4.69, 9.17) is 14.2 Å². The molecule has 1 aliphatic rings. The van der Waals surface area contributed by atoms with Crippen LogP contribution in [0.25, 0.3) is 10.1 Å². The molecule has 0 aliphatic carbocycles. The Kier molecular flexibility index (Phi) is 5.63. The Morgan fingerprint density at radius 2 is 1.77 bits per heavy atom. The van der Waals surface area contributed by atoms with Crippen LogP contribution in [-0.4, -0.2) is 44.1 Å². The molecule has 30 heavy (non-hydrogen) atoms. The number of nitrogens with zero attached hydrogens (tertiary/aromatic N) is 1. The lowest BCUT2D eigenvalue weighted by molar-refractivity contribution is -0.135. The second-order valence-electron chi connectivity index (χ2n) is 7.17. The van der Waals surface area contributed by atoms with Gasteiger partial charge in [0.2, 0.25) is 0 Å². The Morgan fingerprint density at radius 1 is 1.07 bits per heavy atom. The fraction of sp³-hybridized carbons (Fsp3) is 0.304. The van der Waals surface area contributed by atoms with Crippen molar-refractivity contribution in [3.8, 4) is 11.5 Å². The summed E-state index contributed by atoms with van der Waals surface area (Å²) >= 11 is 1.39. The molecule has 1 amide bonds. The number of hydrogen-bond donors (Lipinski definition) is 0. The highest BCUT2D eigenvalue weighted by Crippen LogP contribution is 2.33. The van der Waals surface area contributed by atoms with Gasteiger partial charge in [0.15, 0.2) is 18.1 Å². The Balaban J connectivity index is 1.42. The van der Waals surface area contributed by atoms with Crippen molar-refractivity contribution in [2.75, 3.05) is 27.4 Å². The van der Waals surface area contributed by atoms with Gasteiger partial charge in [0.1, 0.15) is 4.88 Å². The van der Waals surface area contributed by atoms with Crippen molar-refractivity contribution < 1.29 is 23.8 Å². The summed E-state index contributed by atoms with van der Waals surface area (Å²) in [7, 11) is 3.20. The highest BCUT2D eigenvalue weighted by Gasteiger charge is 2.24. The predicted molar refractivity (Wildman–Crippen MR) is 116 cm³/mol. The van der Waals surface area contributed by atoms with Crippen LogP contribution in [0.2, 0.25) is 0 Å². The number of hydrogen-bond acceptors (Lipinski definition) is 6. The monoisotopic (exact) mass is 425 g/mol. The van der Waals surface area contributed by atoms with E-state index in [9.17, 15) is 9.59 Å². The van der Waals surface area contributed by atoms with Gasteiger partial charge in [-0.1, -0.05) is 18.2 Å². The zero-order valence-electron chi connectivity index (χ0n) is 17.2. The zero-order chi connectivity index (χ0) is 21.3. The minimum absolute atomic E-state index is 0.206. The first kappa shape index (κ1) is 20.2. The zero-order valence-corrected chi connectivity index (χ0v) is 18.0. The number of aryl methyl sites for hydroxylation is 1. The largest absolute Gasteiger partial charge is 0.493 e. The molecule has 156 valence electrons. The van der Waals surface area contributed by atoms with Crippen LogP contribution in [0, 0.1) is 6.92 Å². The number of benzene rings is 2. The molecule has 3 aromatic rings. The number of rotatable bonds is 5. The molecule has 0 fully saturated rings. The third-order valence-electron chi connectivity index (χ3n) is 5.43. The van der Waals surface area contributed by atoms with Crippen molar-refractivity contribution in [3.05, 3.63) is 58.0 Å². The maximum atomic E-state index is 12.7. The first-order chi connectivity index (χ1) is 14.5. The number of carbonyl (C=O) groups excluding carboxylic acids is 2. The molecular formula is C23H23NO5S. The quantitative estimate of drug-likeness (QED) is 0.579. The maximum Gasteiger partial charge on any atom is 0.349 e. The molecule has 0 saturated carbocycles. The number of carbonyl (C=O) groups is 2. The van der Waals surface area contributed by atoms with Crippen molar-refractivity contribution in [2.45, 2.75) is 19.9 Å². The van der Waals surface area contributed by atoms with Crippen LogP contribution in [0.15, 0.2) is 36.4 Å². The minimum Gasteiger partial charge on any atom is -0.493 e. The molecule has 2 heterocycles. The molecule has 7 heteroatoms. The fourth-order valence-corrected chi connectivity index (χ4v) is 4.85. The summed E-state index contributed by atoms with van der Waals surface area (Å²) in [4.78, 5) is 27.5. The predicted octanol–water partition coefficient (Wildman–Crippen LogP) is 3.97. The molecule has 0 unspecified atom stereocenters. The number of thiophene rings is 1. The van der Waals surface area contributed by atoms with E-state index < -0.39 is 5.97 Å². The van der Waals surface area contributed by atoms with Crippen molar-refractivity contribution >= 4 is 33.3 Å². The van der Waals surface area contributed by atoms with Crippen molar-refractivity contribution in [2.24, 2.45) is 0 Å². The van der Waals surface area contributed by atoms with Gasteiger partial charge in [-0.2, -0.15) is 0 Å². The lowest BCUT2D eigenvalue weighted by Crippen LogP contribution is -2.38. The van der Waals surface area contributed by atoms with E-state index in [1.54, 1.807) is 19.1 Å². The van der Waals surface area contributed by atoms with Crippen LogP contribution < -0.4 is 9.47 Å². The van der Waals surface area contributed by atoms with E-state index >= 15 is 0 Å². The lowest BCUT2D eigenvalue weighted by Gasteiger charge is -2.29. The smallest absolute Gasteiger partial charge is 0.349 e. The lowest BCUT2D eigenvalue weighted by atomic mass is 9.99. The molecule has 4 rings (SSSR count). The highest BCUT2D eigenvalue weighted by molar-refractivity contribution is 7.21. The molecule has 0 spiro atoms. The first-order valence-electron chi connectivity index (χ1n) is 9.68. The van der Waals surface area contributed by atoms with Gasteiger partial charge >= 0.3 is 5.97 Å². The second kappa shape index (κ2) is 8.36. The molecule has 6 nitrogen and oxygen atoms in total. The van der Waals surface area contributed by atoms with E-state index in [1.807, 2.05) is 43.3 Å². The topological polar surface area (TPSA) is 65.1 Å². The summed E-state index contributed by atoms with van der Waals surface area (Å²) < 4.78 is 17.1. The molecule has 0 bridgehead atoms. The van der Waals surface area contributed by atoms with E-state index in [2.05, 4.69) is 0 Å². The minimum atomic E-state index is -0.453. The van der Waals surface area contributed by atoms with E-state index in [1.165, 1.54) is 11.3 Å². The summed E-state index contributed by atoms with van der Waals surface area (Å²) in [6.45, 7) is 2.66. The van der Waals surface area contributed by atoms with Crippen LogP contribution in [0.4, 0.5) is 0 Å². The Morgan fingerprint density at radius 3 is 2.47 bits per heavy atom. The van der Waals surface area contributed by atoms with Gasteiger partial charge in [-0.15, -0.1) is 11.3 Å². The molecule has 0 saturated heterocycles. The van der Waals surface area contributed by atoms with Crippen LogP contribution in [-0.2, 0) is 22.5 Å². The van der Waals surface area contributed by atoms with Crippen molar-refractivity contribution in [1.82, 2.24) is 4.90 Å². The molecular weight excluding hydrogens is 402 g/mol. The normalized spacial score (nSPS) is 13.1. The fourth-order valence-electron chi connectivity index (χ4n) is 3.75. The highest BCUT2D eigenvalue weighted by atomic mass is 32.1. The van der Waals surface area contributed by atoms with Crippen molar-refractivity contribution in [3.63, 3.8) is 0 Å². The third-order valence-corrected chi connectivity index (χ3v) is 6.68. The van der Waals surface area contributed by atoms with Gasteiger partial charge in [-0.05, 0) is 53.6 Å². The van der Waals surface area contributed by atoms with E-state index in [0.717, 1.165) is 26.8 Å². The van der Waals surface area contributed by atoms with Crippen LogP contribution >= 0.6 is 11.3 Å². The van der Waals surface area contributed by atoms with E-state index in [0.29, 0.717) is 35.9 Å². The SMILES string of the molecule is COc1cc2c(cc1OC)CN(C(=O)COC(=O)c1sc3ccccc3c1C)CC2. The van der Waals surface area contributed by atoms with Crippen LogP contribution in [0.5, 0.6) is 11.5 Å². The molecule has 0 radical (unpaired) electrons. The molecule has 1 aromatic heterocycles. The summed E-state index contributed by atoms with van der Waals surface area (Å²) in [6.07, 6.45) is 0.713. The second-order valence-corrected chi connectivity index (χ2v) is 8.22. The summed E-state index contributed by atoms with van der Waals surface area (Å²) in [5, 5.41) is 1.04. The molecule has 0 atom stereocenters. The van der Waals surface area contributed by atoms with Gasteiger partial charge in [-0.3, -0.25) is 4.79 Å². The summed E-state index contributed by atoms with van der Waals surface area (Å²) in [6, 6.07) is 11.7. The Hall–Kier alpha value is -3.06. The number of ether oxygens (including phenoxy) is 3. The number of fused-ring (bicyclic) bond motifs is 2. The van der Waals surface area contributed by atoms with Gasteiger partial charge in [0.25, 0.3) is 5.91 Å². The number of amides is 1. The Bertz CT molecular complexity index is 1120. The van der Waals surface area contributed by atoms with E-state index in [-0.39, 0.29) is 12.5 Å². The molecule has 2 aromatic carbocycles. The number of methoxy groups -OCH3 is 2. The van der Waals surface area contributed by atoms with Crippen molar-refractivity contribution in [1.29, 1.82) is 0 Å². The summed E-state index contributed by atoms with van der Waals surface area (Å²) in [5.41, 5.74) is 3.04. The summed E-state index contributed by atoms with van der Waals surface area (Å²) in [5.74, 6) is 0.661. The molecule has 1 aliphatic heterocycles. The molecule has 0 N–H and O–H groups in total. The average molecular weight is 426 g/mol. The third kappa shape index (κ3) is 3.73. The first-order valence-corrected chi connectivity index (χ1v) is 10.5. The van der Waals surface area contributed by atoms with Gasteiger partial charge in [-0.25, -0.2) is 4.79 Å². The number of esters is 1. The van der Waals surface area contributed by atoms with Crippen LogP contribution in [0.1, 0.15) is 26.4 Å².